The van der Waals surface area contributed by atoms with Gasteiger partial charge in [-0.2, -0.15) is 16.8 Å². The van der Waals surface area contributed by atoms with Crippen LogP contribution in [0.4, 0.5) is 5.69 Å². The average Bonchev–Trinajstić information content (AvgIpc) is 2.25. The number of nitrogen functional groups attached to an aromatic ring is 1. The average molecular weight is 361 g/mol. The van der Waals surface area contributed by atoms with Crippen molar-refractivity contribution in [2.75, 3.05) is 18.1 Å². The van der Waals surface area contributed by atoms with Crippen LogP contribution in [0.25, 0.3) is 0 Å². The summed E-state index contributed by atoms with van der Waals surface area (Å²) in [5.74, 6) is -0.875. The fourth-order valence-electron chi connectivity index (χ4n) is 1.46. The molecule has 21 heavy (non-hydrogen) atoms. The zero-order valence-electron chi connectivity index (χ0n) is 10.2. The second-order valence-corrected chi connectivity index (χ2v) is 8.69. The molecule has 0 amide bonds. The monoisotopic (exact) mass is 361 g/mol. The molecule has 120 valence electrons. The molecule has 0 aliphatic rings. The quantitative estimate of drug-likeness (QED) is 0.356. The second-order valence-electron chi connectivity index (χ2n) is 3.83. The summed E-state index contributed by atoms with van der Waals surface area (Å²) in [4.78, 5) is -3.32. The zero-order valence-corrected chi connectivity index (χ0v) is 12.6. The number of rotatable bonds is 5. The van der Waals surface area contributed by atoms with E-state index >= 15 is 0 Å². The first kappa shape index (κ1) is 17.8. The molecule has 0 unspecified atom stereocenters. The molecule has 0 fully saturated rings. The largest absolute Gasteiger partial charge is 0.398 e. The molecule has 13 heteroatoms. The molecule has 0 aliphatic carbocycles. The smallest absolute Gasteiger partial charge is 0.296 e. The van der Waals surface area contributed by atoms with E-state index < -0.39 is 62.8 Å². The van der Waals surface area contributed by atoms with Crippen molar-refractivity contribution in [1.82, 2.24) is 0 Å². The summed E-state index contributed by atoms with van der Waals surface area (Å²) in [6.07, 6.45) is 0. The van der Waals surface area contributed by atoms with Crippen molar-refractivity contribution in [3.63, 3.8) is 0 Å². The number of hydrogen-bond acceptors (Lipinski definition) is 8. The number of benzene rings is 1. The Balaban J connectivity index is 3.89. The Morgan fingerprint density at radius 1 is 0.857 bits per heavy atom. The minimum absolute atomic E-state index is 0.226. The van der Waals surface area contributed by atoms with Gasteiger partial charge in [-0.15, -0.1) is 0 Å². The highest BCUT2D eigenvalue weighted by Gasteiger charge is 2.29. The third-order valence-corrected chi connectivity index (χ3v) is 5.99. The molecule has 0 bridgehead atoms. The molecule has 1 rings (SSSR count). The summed E-state index contributed by atoms with van der Waals surface area (Å²) >= 11 is 0. The van der Waals surface area contributed by atoms with Crippen molar-refractivity contribution >= 4 is 35.8 Å². The first-order chi connectivity index (χ1) is 9.30. The number of hydrogen-bond donors (Lipinski definition) is 4. The Morgan fingerprint density at radius 3 is 1.71 bits per heavy atom. The molecule has 0 aromatic heterocycles. The van der Waals surface area contributed by atoms with E-state index in [1.54, 1.807) is 0 Å². The van der Waals surface area contributed by atoms with Gasteiger partial charge >= 0.3 is 0 Å². The van der Waals surface area contributed by atoms with E-state index in [2.05, 4.69) is 0 Å². The second kappa shape index (κ2) is 5.51. The first-order valence-electron chi connectivity index (χ1n) is 5.03. The molecule has 0 atom stereocenters. The molecule has 0 saturated carbocycles. The SMILES string of the molecule is Nc1cc(S(=O)(=O)CCO)c(S(=O)(=O)O)cc1S(=O)(=O)O. The highest BCUT2D eigenvalue weighted by Crippen LogP contribution is 2.30. The fraction of sp³-hybridized carbons (Fsp3) is 0.250. The molecule has 1 aromatic rings. The summed E-state index contributed by atoms with van der Waals surface area (Å²) < 4.78 is 86.0. The van der Waals surface area contributed by atoms with Crippen LogP contribution in [-0.2, 0) is 30.1 Å². The lowest BCUT2D eigenvalue weighted by Gasteiger charge is -2.11. The molecule has 0 radical (unpaired) electrons. The normalized spacial score (nSPS) is 13.3. The maximum atomic E-state index is 11.8. The van der Waals surface area contributed by atoms with Crippen LogP contribution in [0.3, 0.4) is 0 Å². The van der Waals surface area contributed by atoms with Crippen LogP contribution in [0.5, 0.6) is 0 Å². The summed E-state index contributed by atoms with van der Waals surface area (Å²) in [6, 6.07) is 0.696. The van der Waals surface area contributed by atoms with Gasteiger partial charge in [-0.1, -0.05) is 0 Å². The molecular formula is C8H11NO9S3. The Hall–Kier alpha value is -1.25. The van der Waals surface area contributed by atoms with Gasteiger partial charge in [0.2, 0.25) is 0 Å². The van der Waals surface area contributed by atoms with Crippen molar-refractivity contribution < 1.29 is 39.5 Å². The van der Waals surface area contributed by atoms with E-state index in [1.165, 1.54) is 0 Å². The van der Waals surface area contributed by atoms with Crippen molar-refractivity contribution in [3.8, 4) is 0 Å². The van der Waals surface area contributed by atoms with Crippen LogP contribution in [0.2, 0.25) is 0 Å². The zero-order chi connectivity index (χ0) is 16.6. The van der Waals surface area contributed by atoms with E-state index in [4.69, 9.17) is 19.9 Å². The van der Waals surface area contributed by atoms with Gasteiger partial charge in [0.15, 0.2) is 9.84 Å². The predicted octanol–water partition coefficient (Wildman–Crippen LogP) is -1.47. The van der Waals surface area contributed by atoms with Crippen LogP contribution >= 0.6 is 0 Å². The lowest BCUT2D eigenvalue weighted by molar-refractivity contribution is 0.319. The Bertz CT molecular complexity index is 868. The summed E-state index contributed by atoms with van der Waals surface area (Å²) in [5.41, 5.74) is 4.54. The Labute approximate surface area is 120 Å². The van der Waals surface area contributed by atoms with Crippen LogP contribution < -0.4 is 5.73 Å². The van der Waals surface area contributed by atoms with Crippen LogP contribution in [0.1, 0.15) is 0 Å². The molecule has 0 spiro atoms. The third-order valence-electron chi connectivity index (χ3n) is 2.33. The van der Waals surface area contributed by atoms with Gasteiger partial charge in [-0.25, -0.2) is 8.42 Å². The van der Waals surface area contributed by atoms with Gasteiger partial charge in [-0.05, 0) is 12.1 Å². The highest BCUT2D eigenvalue weighted by atomic mass is 32.2. The van der Waals surface area contributed by atoms with Gasteiger partial charge in [0.25, 0.3) is 20.2 Å². The van der Waals surface area contributed by atoms with Crippen molar-refractivity contribution in [2.24, 2.45) is 0 Å². The van der Waals surface area contributed by atoms with E-state index in [-0.39, 0.29) is 6.07 Å². The van der Waals surface area contributed by atoms with Gasteiger partial charge < -0.3 is 10.8 Å². The number of anilines is 1. The van der Waals surface area contributed by atoms with E-state index in [0.717, 1.165) is 0 Å². The van der Waals surface area contributed by atoms with E-state index in [9.17, 15) is 25.3 Å². The van der Waals surface area contributed by atoms with Gasteiger partial charge in [-0.3, -0.25) is 9.11 Å². The number of nitrogens with two attached hydrogens (primary N) is 1. The summed E-state index contributed by atoms with van der Waals surface area (Å²) in [7, 11) is -14.4. The van der Waals surface area contributed by atoms with E-state index in [1.807, 2.05) is 0 Å². The summed E-state index contributed by atoms with van der Waals surface area (Å²) in [6.45, 7) is -0.840. The van der Waals surface area contributed by atoms with Crippen LogP contribution in [0.15, 0.2) is 26.8 Å². The molecule has 1 aromatic carbocycles. The Morgan fingerprint density at radius 2 is 1.33 bits per heavy atom. The molecular weight excluding hydrogens is 350 g/mol. The van der Waals surface area contributed by atoms with Crippen LogP contribution in [-0.4, -0.2) is 51.8 Å². The first-order valence-corrected chi connectivity index (χ1v) is 9.56. The lowest BCUT2D eigenvalue weighted by atomic mass is 10.3. The molecule has 10 nitrogen and oxygen atoms in total. The predicted molar refractivity (Wildman–Crippen MR) is 69.6 cm³/mol. The van der Waals surface area contributed by atoms with E-state index in [0.29, 0.717) is 6.07 Å². The number of aliphatic hydroxyl groups is 1. The minimum Gasteiger partial charge on any atom is -0.398 e. The standard InChI is InChI=1S/C8H11NO9S3/c9-5-3-7(19(11,12)2-1-10)8(21(16,17)18)4-6(5)20(13,14)15/h3-4,10H,1-2,9H2,(H,13,14,15)(H,16,17,18). The maximum absolute atomic E-state index is 11.8. The third kappa shape index (κ3) is 3.90. The van der Waals surface area contributed by atoms with Gasteiger partial charge in [0.1, 0.15) is 9.79 Å². The topological polar surface area (TPSA) is 189 Å². The Kier molecular flexibility index (Phi) is 4.67. The highest BCUT2D eigenvalue weighted by molar-refractivity contribution is 7.92. The molecule has 0 heterocycles. The maximum Gasteiger partial charge on any atom is 0.296 e. The van der Waals surface area contributed by atoms with Crippen LogP contribution in [0, 0.1) is 0 Å². The molecule has 0 saturated heterocycles. The molecule has 5 N–H and O–H groups in total. The lowest BCUT2D eigenvalue weighted by Crippen LogP contribution is -2.16. The summed E-state index contributed by atoms with van der Waals surface area (Å²) in [5, 5.41) is 8.65. The van der Waals surface area contributed by atoms with Gasteiger partial charge in [0.05, 0.1) is 22.9 Å². The van der Waals surface area contributed by atoms with Crippen molar-refractivity contribution in [1.29, 1.82) is 0 Å². The number of aliphatic hydroxyl groups excluding tert-OH is 1. The van der Waals surface area contributed by atoms with Crippen molar-refractivity contribution in [2.45, 2.75) is 14.7 Å². The van der Waals surface area contributed by atoms with Crippen molar-refractivity contribution in [3.05, 3.63) is 12.1 Å². The minimum atomic E-state index is -5.13. The molecule has 0 aliphatic heterocycles. The fourth-order valence-corrected chi connectivity index (χ4v) is 4.56. The number of sulfone groups is 1. The van der Waals surface area contributed by atoms with Gasteiger partial charge in [0, 0.05) is 0 Å².